The van der Waals surface area contributed by atoms with E-state index in [4.69, 9.17) is 0 Å². The molecule has 0 saturated heterocycles. The molecule has 0 unspecified atom stereocenters. The summed E-state index contributed by atoms with van der Waals surface area (Å²) >= 11 is 0. The summed E-state index contributed by atoms with van der Waals surface area (Å²) in [5.74, 6) is -2.09. The van der Waals surface area contributed by atoms with Gasteiger partial charge in [0.2, 0.25) is 0 Å². The lowest BCUT2D eigenvalue weighted by atomic mass is 9.45. The number of alkyl halides is 1. The third-order valence-corrected chi connectivity index (χ3v) is 8.75. The molecule has 0 aliphatic heterocycles. The Hall–Kier alpha value is -1.37. The zero-order valence-corrected chi connectivity index (χ0v) is 16.6. The Bertz CT molecular complexity index is 805. The highest BCUT2D eigenvalue weighted by Gasteiger charge is 2.75. The molecular formula is C22H29FO5. The van der Waals surface area contributed by atoms with Crippen LogP contribution in [-0.2, 0) is 9.59 Å². The standard InChI is InChI=1S/C22H29FO5/c1-12-8-16-15-5-4-13-9-14(25)6-7-19(13,2)21(15,23)17(26)10-20(16,3)22(12,28)18(27)11-24/h4,6-7,12,15-17,24,26,28H,5,8-11H2,1-3H3/t12-,15-,16-,17-,19-,20-,21-,22-/m0/s1. The summed E-state index contributed by atoms with van der Waals surface area (Å²) in [5.41, 5.74) is -5.18. The molecule has 154 valence electrons. The molecule has 5 nitrogen and oxygen atoms in total. The van der Waals surface area contributed by atoms with E-state index in [0.717, 1.165) is 0 Å². The maximum atomic E-state index is 16.9. The quantitative estimate of drug-likeness (QED) is 0.624. The zero-order valence-electron chi connectivity index (χ0n) is 16.6. The van der Waals surface area contributed by atoms with Gasteiger partial charge in [0.05, 0.1) is 6.10 Å². The van der Waals surface area contributed by atoms with Crippen LogP contribution in [0.25, 0.3) is 0 Å². The van der Waals surface area contributed by atoms with Crippen molar-refractivity contribution >= 4 is 11.6 Å². The molecule has 28 heavy (non-hydrogen) atoms. The molecule has 0 spiro atoms. The number of aliphatic hydroxyl groups excluding tert-OH is 2. The second-order valence-corrected chi connectivity index (χ2v) is 9.75. The van der Waals surface area contributed by atoms with Gasteiger partial charge in [-0.2, -0.15) is 0 Å². The van der Waals surface area contributed by atoms with Crippen molar-refractivity contribution < 1.29 is 29.3 Å². The molecule has 0 bridgehead atoms. The van der Waals surface area contributed by atoms with Crippen LogP contribution in [0, 0.1) is 28.6 Å². The Morgan fingerprint density at radius 1 is 1.32 bits per heavy atom. The highest BCUT2D eigenvalue weighted by molar-refractivity contribution is 5.93. The van der Waals surface area contributed by atoms with E-state index in [2.05, 4.69) is 0 Å². The second-order valence-electron chi connectivity index (χ2n) is 9.75. The van der Waals surface area contributed by atoms with Crippen LogP contribution >= 0.6 is 0 Å². The van der Waals surface area contributed by atoms with Crippen LogP contribution in [0.3, 0.4) is 0 Å². The van der Waals surface area contributed by atoms with Crippen LogP contribution < -0.4 is 0 Å². The molecule has 3 N–H and O–H groups in total. The Morgan fingerprint density at radius 2 is 2.00 bits per heavy atom. The van der Waals surface area contributed by atoms with Gasteiger partial charge >= 0.3 is 0 Å². The predicted octanol–water partition coefficient (Wildman–Crippen LogP) is 1.90. The first kappa shape index (κ1) is 19.9. The topological polar surface area (TPSA) is 94.8 Å². The molecule has 4 rings (SSSR count). The van der Waals surface area contributed by atoms with E-state index in [1.165, 1.54) is 6.08 Å². The molecule has 8 atom stereocenters. The molecule has 0 aromatic heterocycles. The Kier molecular flexibility index (Phi) is 4.15. The highest BCUT2D eigenvalue weighted by atomic mass is 19.1. The highest BCUT2D eigenvalue weighted by Crippen LogP contribution is 2.70. The van der Waals surface area contributed by atoms with E-state index >= 15 is 4.39 Å². The summed E-state index contributed by atoms with van der Waals surface area (Å²) in [6, 6.07) is 0. The number of halogens is 1. The number of carbonyl (C=O) groups is 2. The number of carbonyl (C=O) groups excluding carboxylic acids is 2. The number of aliphatic hydroxyl groups is 3. The maximum absolute atomic E-state index is 16.9. The lowest BCUT2D eigenvalue weighted by Crippen LogP contribution is -2.69. The van der Waals surface area contributed by atoms with Crippen LogP contribution in [0.4, 0.5) is 4.39 Å². The van der Waals surface area contributed by atoms with E-state index in [-0.39, 0.29) is 24.5 Å². The van der Waals surface area contributed by atoms with Crippen LogP contribution in [0.2, 0.25) is 0 Å². The van der Waals surface area contributed by atoms with Gasteiger partial charge in [-0.1, -0.05) is 31.6 Å². The molecule has 0 amide bonds. The molecule has 0 aromatic rings. The van der Waals surface area contributed by atoms with Crippen molar-refractivity contribution in [1.29, 1.82) is 0 Å². The summed E-state index contributed by atoms with van der Waals surface area (Å²) in [6.07, 6.45) is 4.41. The number of rotatable bonds is 2. The second kappa shape index (κ2) is 5.83. The Labute approximate surface area is 164 Å². The van der Waals surface area contributed by atoms with Crippen LogP contribution in [-0.4, -0.2) is 50.9 Å². The van der Waals surface area contributed by atoms with E-state index < -0.39 is 52.4 Å². The van der Waals surface area contributed by atoms with Gasteiger partial charge in [-0.25, -0.2) is 4.39 Å². The molecule has 0 radical (unpaired) electrons. The monoisotopic (exact) mass is 392 g/mol. The summed E-state index contributed by atoms with van der Waals surface area (Å²) in [7, 11) is 0. The normalized spacial score (nSPS) is 52.5. The first-order chi connectivity index (χ1) is 13.0. The fraction of sp³-hybridized carbons (Fsp3) is 0.727. The van der Waals surface area contributed by atoms with Crippen molar-refractivity contribution in [1.82, 2.24) is 0 Å². The summed E-state index contributed by atoms with van der Waals surface area (Å²) in [4.78, 5) is 24.4. The molecule has 4 aliphatic rings. The molecule has 2 fully saturated rings. The zero-order chi connectivity index (χ0) is 20.7. The number of allylic oxidation sites excluding steroid dienone is 4. The average molecular weight is 392 g/mol. The van der Waals surface area contributed by atoms with Gasteiger partial charge in [-0.05, 0) is 44.1 Å². The Morgan fingerprint density at radius 3 is 2.64 bits per heavy atom. The number of Topliss-reactive ketones (excluding diaryl/α,β-unsaturated/α-hetero) is 1. The van der Waals surface area contributed by atoms with Gasteiger partial charge in [0.25, 0.3) is 0 Å². The Balaban J connectivity index is 1.85. The van der Waals surface area contributed by atoms with Crippen LogP contribution in [0.5, 0.6) is 0 Å². The summed E-state index contributed by atoms with van der Waals surface area (Å²) in [6.45, 7) is 4.47. The van der Waals surface area contributed by atoms with Crippen molar-refractivity contribution in [3.63, 3.8) is 0 Å². The lowest BCUT2D eigenvalue weighted by Gasteiger charge is -2.62. The number of hydrogen-bond acceptors (Lipinski definition) is 5. The van der Waals surface area contributed by atoms with Gasteiger partial charge < -0.3 is 15.3 Å². The number of fused-ring (bicyclic) bond motifs is 5. The first-order valence-corrected chi connectivity index (χ1v) is 10.1. The predicted molar refractivity (Wildman–Crippen MR) is 99.9 cm³/mol. The van der Waals surface area contributed by atoms with Crippen molar-refractivity contribution in [2.24, 2.45) is 28.6 Å². The van der Waals surface area contributed by atoms with Crippen molar-refractivity contribution in [2.45, 2.75) is 63.8 Å². The van der Waals surface area contributed by atoms with Crippen molar-refractivity contribution in [3.8, 4) is 0 Å². The molecule has 2 saturated carbocycles. The van der Waals surface area contributed by atoms with E-state index in [1.807, 2.05) is 6.08 Å². The van der Waals surface area contributed by atoms with Gasteiger partial charge in [-0.3, -0.25) is 9.59 Å². The van der Waals surface area contributed by atoms with Crippen molar-refractivity contribution in [3.05, 3.63) is 23.8 Å². The summed E-state index contributed by atoms with van der Waals surface area (Å²) < 4.78 is 16.9. The molecular weight excluding hydrogens is 363 g/mol. The smallest absolute Gasteiger partial charge is 0.190 e. The lowest BCUT2D eigenvalue weighted by molar-refractivity contribution is -0.215. The van der Waals surface area contributed by atoms with E-state index in [1.54, 1.807) is 26.8 Å². The maximum Gasteiger partial charge on any atom is 0.190 e. The third kappa shape index (κ3) is 2.01. The minimum atomic E-state index is -1.98. The third-order valence-electron chi connectivity index (χ3n) is 8.75. The molecule has 6 heteroatoms. The molecule has 0 heterocycles. The molecule has 0 aromatic carbocycles. The van der Waals surface area contributed by atoms with Gasteiger partial charge in [-0.15, -0.1) is 0 Å². The number of ketones is 2. The van der Waals surface area contributed by atoms with Gasteiger partial charge in [0, 0.05) is 23.2 Å². The fourth-order valence-corrected chi connectivity index (χ4v) is 7.17. The van der Waals surface area contributed by atoms with Crippen molar-refractivity contribution in [2.75, 3.05) is 6.61 Å². The molecule has 4 aliphatic carbocycles. The minimum absolute atomic E-state index is 0.0676. The van der Waals surface area contributed by atoms with Gasteiger partial charge in [0.15, 0.2) is 17.2 Å². The summed E-state index contributed by atoms with van der Waals surface area (Å²) in [5, 5.41) is 32.0. The SMILES string of the molecule is C[C@H]1C[C@H]2[C@@H]3CC=C4CC(=O)C=C[C@]4(C)[C@@]3(F)[C@@H](O)C[C@]2(C)[C@@]1(O)C(=O)CO. The largest absolute Gasteiger partial charge is 0.390 e. The van der Waals surface area contributed by atoms with Crippen LogP contribution in [0.1, 0.15) is 46.5 Å². The minimum Gasteiger partial charge on any atom is -0.390 e. The fourth-order valence-electron chi connectivity index (χ4n) is 7.17. The van der Waals surface area contributed by atoms with Crippen LogP contribution in [0.15, 0.2) is 23.8 Å². The van der Waals surface area contributed by atoms with E-state index in [0.29, 0.717) is 18.4 Å². The average Bonchev–Trinajstić information content (AvgIpc) is 2.84. The van der Waals surface area contributed by atoms with Gasteiger partial charge in [0.1, 0.15) is 12.2 Å². The number of hydrogen-bond donors (Lipinski definition) is 3. The van der Waals surface area contributed by atoms with E-state index in [9.17, 15) is 24.9 Å². The first-order valence-electron chi connectivity index (χ1n) is 10.1.